The average Bonchev–Trinajstić information content (AvgIpc) is 3.12. The number of anilines is 6. The summed E-state index contributed by atoms with van der Waals surface area (Å²) in [6.45, 7) is 4.86. The van der Waals surface area contributed by atoms with Crippen LogP contribution in [0.25, 0.3) is 0 Å². The molecular formula is C32H30F2N6O3. The lowest BCUT2D eigenvalue weighted by atomic mass is 9.76. The molecule has 1 aromatic heterocycles. The Labute approximate surface area is 247 Å². The van der Waals surface area contributed by atoms with Crippen LogP contribution >= 0.6 is 0 Å². The summed E-state index contributed by atoms with van der Waals surface area (Å²) in [6.07, 6.45) is 0.372. The number of carbonyl (C=O) groups is 2. The third-order valence-corrected chi connectivity index (χ3v) is 7.90. The van der Waals surface area contributed by atoms with Gasteiger partial charge in [-0.15, -0.1) is 0 Å². The summed E-state index contributed by atoms with van der Waals surface area (Å²) in [5.41, 5.74) is 10.3. The number of nitrogens with two attached hydrogens (primary N) is 1. The Bertz CT molecular complexity index is 1690. The molecule has 220 valence electrons. The fraction of sp³-hybridized carbons (Fsp3) is 0.219. The van der Waals surface area contributed by atoms with Gasteiger partial charge in [0.25, 0.3) is 5.91 Å². The zero-order valence-electron chi connectivity index (χ0n) is 23.4. The van der Waals surface area contributed by atoms with Gasteiger partial charge in [0.05, 0.1) is 41.3 Å². The van der Waals surface area contributed by atoms with Crippen LogP contribution in [0.5, 0.6) is 0 Å². The largest absolute Gasteiger partial charge is 0.378 e. The summed E-state index contributed by atoms with van der Waals surface area (Å²) in [7, 11) is 0. The molecule has 6 rings (SSSR count). The quantitative estimate of drug-likeness (QED) is 0.219. The molecule has 3 heterocycles. The number of amides is 2. The highest BCUT2D eigenvalue weighted by Gasteiger charge is 2.35. The van der Waals surface area contributed by atoms with Crippen molar-refractivity contribution in [2.45, 2.75) is 18.8 Å². The van der Waals surface area contributed by atoms with Crippen LogP contribution in [-0.2, 0) is 21.4 Å². The molecule has 1 fully saturated rings. The summed E-state index contributed by atoms with van der Waals surface area (Å²) < 4.78 is 32.6. The van der Waals surface area contributed by atoms with Gasteiger partial charge in [-0.1, -0.05) is 18.2 Å². The fourth-order valence-electron chi connectivity index (χ4n) is 5.45. The maximum absolute atomic E-state index is 13.6. The summed E-state index contributed by atoms with van der Waals surface area (Å²) in [6, 6.07) is 20.5. The van der Waals surface area contributed by atoms with Gasteiger partial charge in [-0.3, -0.25) is 9.59 Å². The molecule has 4 aromatic rings. The highest BCUT2D eigenvalue weighted by atomic mass is 19.1. The molecule has 1 unspecified atom stereocenters. The Morgan fingerprint density at radius 2 is 1.65 bits per heavy atom. The third-order valence-electron chi connectivity index (χ3n) is 7.90. The van der Waals surface area contributed by atoms with Gasteiger partial charge >= 0.3 is 0 Å². The Morgan fingerprint density at radius 3 is 2.35 bits per heavy atom. The smallest absolute Gasteiger partial charge is 0.257 e. The predicted octanol–water partition coefficient (Wildman–Crippen LogP) is 5.24. The molecule has 2 aliphatic heterocycles. The van der Waals surface area contributed by atoms with Crippen LogP contribution in [0.3, 0.4) is 0 Å². The Balaban J connectivity index is 1.25. The van der Waals surface area contributed by atoms with E-state index in [1.165, 1.54) is 0 Å². The average molecular weight is 585 g/mol. The molecule has 3 aromatic carbocycles. The van der Waals surface area contributed by atoms with Crippen LogP contribution in [0.2, 0.25) is 0 Å². The molecule has 0 saturated carbocycles. The number of nitrogens with zero attached hydrogens (tertiary/aromatic N) is 2. The summed E-state index contributed by atoms with van der Waals surface area (Å²) in [5, 5.41) is 9.12. The molecule has 43 heavy (non-hydrogen) atoms. The van der Waals surface area contributed by atoms with E-state index in [-0.39, 0.29) is 11.6 Å². The van der Waals surface area contributed by atoms with Crippen molar-refractivity contribution in [1.29, 1.82) is 0 Å². The lowest BCUT2D eigenvalue weighted by molar-refractivity contribution is -0.123. The molecule has 5 N–H and O–H groups in total. The number of fused-ring (bicyclic) bond motifs is 2. The van der Waals surface area contributed by atoms with Gasteiger partial charge in [0.15, 0.2) is 0 Å². The maximum Gasteiger partial charge on any atom is 0.257 e. The molecule has 0 radical (unpaired) electrons. The number of halogens is 2. The van der Waals surface area contributed by atoms with Crippen LogP contribution in [0.15, 0.2) is 72.8 Å². The van der Waals surface area contributed by atoms with E-state index in [1.807, 2.05) is 30.3 Å². The normalized spacial score (nSPS) is 15.7. The topological polar surface area (TPSA) is 122 Å². The van der Waals surface area contributed by atoms with Crippen LogP contribution in [0, 0.1) is 11.9 Å². The van der Waals surface area contributed by atoms with Crippen molar-refractivity contribution in [2.24, 2.45) is 5.73 Å². The molecule has 11 heteroatoms. The number of aromatic nitrogens is 1. The van der Waals surface area contributed by atoms with Crippen molar-refractivity contribution in [3.8, 4) is 0 Å². The number of primary amides is 1. The molecule has 1 saturated heterocycles. The number of nitrogens with one attached hydrogen (secondary N) is 3. The van der Waals surface area contributed by atoms with Crippen molar-refractivity contribution in [3.63, 3.8) is 0 Å². The van der Waals surface area contributed by atoms with Crippen molar-refractivity contribution >= 4 is 45.9 Å². The highest BCUT2D eigenvalue weighted by molar-refractivity contribution is 6.12. The monoisotopic (exact) mass is 584 g/mol. The van der Waals surface area contributed by atoms with Crippen LogP contribution < -0.4 is 26.6 Å². The number of pyridine rings is 1. The van der Waals surface area contributed by atoms with Crippen molar-refractivity contribution in [3.05, 3.63) is 101 Å². The van der Waals surface area contributed by atoms with Gasteiger partial charge in [0.1, 0.15) is 0 Å². The molecule has 0 aliphatic carbocycles. The zero-order valence-corrected chi connectivity index (χ0v) is 23.4. The first-order valence-corrected chi connectivity index (χ1v) is 13.9. The van der Waals surface area contributed by atoms with Gasteiger partial charge in [0.2, 0.25) is 17.8 Å². The highest BCUT2D eigenvalue weighted by Crippen LogP contribution is 2.38. The van der Waals surface area contributed by atoms with E-state index in [0.717, 1.165) is 36.5 Å². The van der Waals surface area contributed by atoms with Gasteiger partial charge in [-0.05, 0) is 66.9 Å². The molecule has 0 bridgehead atoms. The van der Waals surface area contributed by atoms with Crippen LogP contribution in [0.4, 0.5) is 42.9 Å². The van der Waals surface area contributed by atoms with Crippen molar-refractivity contribution in [1.82, 2.24) is 4.98 Å². The molecule has 2 aliphatic rings. The minimum atomic E-state index is -1.05. The Hall–Kier alpha value is -5.03. The number of carbonyl (C=O) groups excluding carboxylic acids is 2. The standard InChI is InChI=1S/C32H30F2N6O3/c1-32(31(35)42,18-19-2-6-23(7-3-19)40-10-12-43-13-11-40)20-4-9-25-27(14-20)38-30(41)24-8-5-21(15-26(24)37-25)36-22-16-28(33)39-29(34)17-22/h2-9,14-17,37H,10-13,18H2,1H3,(H2,35,42)(H,36,39)(H,38,41). The second kappa shape index (κ2) is 11.3. The molecule has 0 spiro atoms. The second-order valence-electron chi connectivity index (χ2n) is 10.9. The fourth-order valence-corrected chi connectivity index (χ4v) is 5.45. The lowest BCUT2D eigenvalue weighted by Gasteiger charge is -2.30. The first-order chi connectivity index (χ1) is 20.7. The third kappa shape index (κ3) is 5.84. The van der Waals surface area contributed by atoms with Crippen molar-refractivity contribution in [2.75, 3.05) is 47.2 Å². The maximum atomic E-state index is 13.6. The summed E-state index contributed by atoms with van der Waals surface area (Å²) in [5.74, 6) is -2.74. The number of benzene rings is 3. The van der Waals surface area contributed by atoms with E-state index in [1.54, 1.807) is 37.3 Å². The van der Waals surface area contributed by atoms with E-state index in [0.29, 0.717) is 53.5 Å². The predicted molar refractivity (Wildman–Crippen MR) is 161 cm³/mol. The second-order valence-corrected chi connectivity index (χ2v) is 10.9. The molecule has 1 atom stereocenters. The van der Waals surface area contributed by atoms with E-state index in [9.17, 15) is 18.4 Å². The van der Waals surface area contributed by atoms with E-state index < -0.39 is 23.2 Å². The number of morpholine rings is 1. The van der Waals surface area contributed by atoms with Crippen LogP contribution in [-0.4, -0.2) is 43.1 Å². The molecule has 2 amide bonds. The minimum absolute atomic E-state index is 0.175. The van der Waals surface area contributed by atoms with Gasteiger partial charge in [0, 0.05) is 42.3 Å². The van der Waals surface area contributed by atoms with Gasteiger partial charge in [-0.2, -0.15) is 13.8 Å². The first-order valence-electron chi connectivity index (χ1n) is 13.9. The van der Waals surface area contributed by atoms with E-state index in [2.05, 4.69) is 25.8 Å². The summed E-state index contributed by atoms with van der Waals surface area (Å²) >= 11 is 0. The first kappa shape index (κ1) is 28.1. The SMILES string of the molecule is CC(Cc1ccc(N2CCOCC2)cc1)(C(N)=O)c1ccc2c(c1)NC(=O)c1ccc(Nc3cc(F)nc(F)c3)cc1N2. The number of hydrogen-bond acceptors (Lipinski definition) is 7. The lowest BCUT2D eigenvalue weighted by Crippen LogP contribution is -2.40. The molecule has 9 nitrogen and oxygen atoms in total. The Morgan fingerprint density at radius 1 is 0.930 bits per heavy atom. The van der Waals surface area contributed by atoms with E-state index in [4.69, 9.17) is 10.5 Å². The summed E-state index contributed by atoms with van der Waals surface area (Å²) in [4.78, 5) is 31.4. The number of rotatable bonds is 7. The van der Waals surface area contributed by atoms with Crippen LogP contribution in [0.1, 0.15) is 28.4 Å². The molecular weight excluding hydrogens is 554 g/mol. The minimum Gasteiger partial charge on any atom is -0.378 e. The number of hydrogen-bond donors (Lipinski definition) is 4. The van der Waals surface area contributed by atoms with Gasteiger partial charge in [-0.25, -0.2) is 0 Å². The Kier molecular flexibility index (Phi) is 7.41. The van der Waals surface area contributed by atoms with Gasteiger partial charge < -0.3 is 31.3 Å². The van der Waals surface area contributed by atoms with Crippen molar-refractivity contribution < 1.29 is 23.1 Å². The van der Waals surface area contributed by atoms with E-state index >= 15 is 0 Å². The zero-order chi connectivity index (χ0) is 30.1. The number of ether oxygens (including phenoxy) is 1.